The largest absolute Gasteiger partial charge is 0.382 e. The van der Waals surface area contributed by atoms with Crippen LogP contribution in [-0.2, 0) is 6.54 Å². The quantitative estimate of drug-likeness (QED) is 0.793. The van der Waals surface area contributed by atoms with E-state index in [1.54, 1.807) is 6.20 Å². The second kappa shape index (κ2) is 5.49. The third-order valence-corrected chi connectivity index (χ3v) is 4.06. The number of aliphatic hydroxyl groups excluding tert-OH is 1. The molecule has 0 aliphatic rings. The highest BCUT2D eigenvalue weighted by Crippen LogP contribution is 2.28. The molecule has 3 nitrogen and oxygen atoms in total. The molecule has 1 aromatic carbocycles. The topological polar surface area (TPSA) is 38.0 Å². The molecule has 17 heavy (non-hydrogen) atoms. The van der Waals surface area contributed by atoms with Crippen LogP contribution in [0, 0.1) is 3.57 Å². The van der Waals surface area contributed by atoms with Crippen molar-refractivity contribution in [2.24, 2.45) is 0 Å². The van der Waals surface area contributed by atoms with Gasteiger partial charge in [0.05, 0.1) is 5.69 Å². The van der Waals surface area contributed by atoms with E-state index in [1.165, 1.54) is 0 Å². The summed E-state index contributed by atoms with van der Waals surface area (Å²) in [6.07, 6.45) is 1.08. The lowest BCUT2D eigenvalue weighted by Gasteiger charge is -2.14. The minimum atomic E-state index is -0.637. The lowest BCUT2D eigenvalue weighted by atomic mass is 10.1. The van der Waals surface area contributed by atoms with E-state index in [0.717, 1.165) is 25.8 Å². The van der Waals surface area contributed by atoms with Gasteiger partial charge in [-0.2, -0.15) is 5.10 Å². The molecule has 0 saturated heterocycles. The third-order valence-electron chi connectivity index (χ3n) is 2.58. The van der Waals surface area contributed by atoms with Crippen LogP contribution in [0.3, 0.4) is 0 Å². The first kappa shape index (κ1) is 13.0. The average Bonchev–Trinajstić information content (AvgIpc) is 2.79. The van der Waals surface area contributed by atoms with Gasteiger partial charge in [0.25, 0.3) is 0 Å². The van der Waals surface area contributed by atoms with Gasteiger partial charge in [0.1, 0.15) is 6.10 Å². The molecule has 1 unspecified atom stereocenters. The Balaban J connectivity index is 2.43. The first-order valence-electron chi connectivity index (χ1n) is 5.28. The van der Waals surface area contributed by atoms with Crippen molar-refractivity contribution < 1.29 is 5.11 Å². The Hall–Kier alpha value is -0.400. The third kappa shape index (κ3) is 2.71. The number of aryl methyl sites for hydroxylation is 1. The number of hydrogen-bond donors (Lipinski definition) is 1. The molecule has 1 aromatic heterocycles. The van der Waals surface area contributed by atoms with Crippen molar-refractivity contribution in [1.82, 2.24) is 9.78 Å². The van der Waals surface area contributed by atoms with Gasteiger partial charge < -0.3 is 5.11 Å². The van der Waals surface area contributed by atoms with Crippen LogP contribution in [0.15, 0.2) is 34.9 Å². The van der Waals surface area contributed by atoms with Gasteiger partial charge in [-0.05, 0) is 53.8 Å². The number of halogens is 2. The van der Waals surface area contributed by atoms with E-state index < -0.39 is 6.10 Å². The van der Waals surface area contributed by atoms with Gasteiger partial charge in [-0.25, -0.2) is 0 Å². The summed E-state index contributed by atoms with van der Waals surface area (Å²) in [7, 11) is 0. The normalized spacial score (nSPS) is 12.7. The number of rotatable bonds is 3. The van der Waals surface area contributed by atoms with Crippen molar-refractivity contribution >= 4 is 38.5 Å². The summed E-state index contributed by atoms with van der Waals surface area (Å²) in [6.45, 7) is 2.76. The molecule has 0 radical (unpaired) electrons. The Morgan fingerprint density at radius 3 is 2.94 bits per heavy atom. The summed E-state index contributed by atoms with van der Waals surface area (Å²) in [4.78, 5) is 0. The van der Waals surface area contributed by atoms with Crippen LogP contribution in [-0.4, -0.2) is 14.9 Å². The Kier molecular flexibility index (Phi) is 4.22. The first-order valence-corrected chi connectivity index (χ1v) is 7.15. The molecule has 0 spiro atoms. The van der Waals surface area contributed by atoms with Crippen molar-refractivity contribution in [2.45, 2.75) is 19.6 Å². The zero-order valence-electron chi connectivity index (χ0n) is 9.27. The predicted octanol–water partition coefficient (Wildman–Crippen LogP) is 3.35. The van der Waals surface area contributed by atoms with Gasteiger partial charge in [-0.15, -0.1) is 0 Å². The summed E-state index contributed by atoms with van der Waals surface area (Å²) in [5.74, 6) is 0. The van der Waals surface area contributed by atoms with Gasteiger partial charge in [0, 0.05) is 26.3 Å². The monoisotopic (exact) mass is 406 g/mol. The van der Waals surface area contributed by atoms with E-state index >= 15 is 0 Å². The molecule has 2 aromatic rings. The van der Waals surface area contributed by atoms with Gasteiger partial charge in [0.2, 0.25) is 0 Å². The maximum absolute atomic E-state index is 10.4. The van der Waals surface area contributed by atoms with Crippen LogP contribution in [0.5, 0.6) is 0 Å². The first-order chi connectivity index (χ1) is 8.13. The molecule has 0 fully saturated rings. The number of aliphatic hydroxyl groups is 1. The molecule has 0 aliphatic heterocycles. The fourth-order valence-electron chi connectivity index (χ4n) is 1.72. The summed E-state index contributed by atoms with van der Waals surface area (Å²) in [5.41, 5.74) is 1.72. The molecule has 0 aliphatic carbocycles. The van der Waals surface area contributed by atoms with Crippen molar-refractivity contribution in [2.75, 3.05) is 0 Å². The molecule has 2 rings (SSSR count). The van der Waals surface area contributed by atoms with Crippen molar-refractivity contribution in [3.63, 3.8) is 0 Å². The average molecular weight is 407 g/mol. The van der Waals surface area contributed by atoms with E-state index in [0.29, 0.717) is 0 Å². The van der Waals surface area contributed by atoms with Crippen LogP contribution in [0.1, 0.15) is 24.3 Å². The van der Waals surface area contributed by atoms with Crippen molar-refractivity contribution in [3.05, 3.63) is 49.8 Å². The second-order valence-electron chi connectivity index (χ2n) is 3.64. The number of aromatic nitrogens is 2. The van der Waals surface area contributed by atoms with E-state index in [1.807, 2.05) is 35.9 Å². The number of hydrogen-bond acceptors (Lipinski definition) is 2. The highest BCUT2D eigenvalue weighted by molar-refractivity contribution is 14.1. The molecule has 1 N–H and O–H groups in total. The van der Waals surface area contributed by atoms with Gasteiger partial charge >= 0.3 is 0 Å². The second-order valence-corrected chi connectivity index (χ2v) is 5.72. The zero-order chi connectivity index (χ0) is 12.4. The minimum absolute atomic E-state index is 0.637. The fourth-order valence-corrected chi connectivity index (χ4v) is 2.73. The smallest absolute Gasteiger partial charge is 0.122 e. The Morgan fingerprint density at radius 2 is 2.24 bits per heavy atom. The molecule has 0 bridgehead atoms. The van der Waals surface area contributed by atoms with E-state index in [9.17, 15) is 5.11 Å². The molecule has 1 heterocycles. The zero-order valence-corrected chi connectivity index (χ0v) is 13.0. The van der Waals surface area contributed by atoms with Crippen LogP contribution >= 0.6 is 38.5 Å². The molecule has 1 atom stereocenters. The summed E-state index contributed by atoms with van der Waals surface area (Å²) in [6, 6.07) is 7.75. The SMILES string of the molecule is CCn1nccc1C(O)c1cc(Br)ccc1I. The van der Waals surface area contributed by atoms with Gasteiger partial charge in [0.15, 0.2) is 0 Å². The summed E-state index contributed by atoms with van der Waals surface area (Å²) >= 11 is 5.66. The highest BCUT2D eigenvalue weighted by atomic mass is 127. The fraction of sp³-hybridized carbons (Fsp3) is 0.250. The summed E-state index contributed by atoms with van der Waals surface area (Å²) in [5, 5.41) is 14.6. The van der Waals surface area contributed by atoms with E-state index in [2.05, 4.69) is 43.6 Å². The maximum atomic E-state index is 10.4. The van der Waals surface area contributed by atoms with Crippen LogP contribution in [0.2, 0.25) is 0 Å². The number of nitrogens with zero attached hydrogens (tertiary/aromatic N) is 2. The molecule has 5 heteroatoms. The Morgan fingerprint density at radius 1 is 1.47 bits per heavy atom. The molecular weight excluding hydrogens is 395 g/mol. The lowest BCUT2D eigenvalue weighted by Crippen LogP contribution is -2.10. The molecule has 0 saturated carbocycles. The Bertz CT molecular complexity index is 527. The molecule has 0 amide bonds. The highest BCUT2D eigenvalue weighted by Gasteiger charge is 2.17. The van der Waals surface area contributed by atoms with Crippen LogP contribution < -0.4 is 0 Å². The van der Waals surface area contributed by atoms with E-state index in [4.69, 9.17) is 0 Å². The van der Waals surface area contributed by atoms with Crippen molar-refractivity contribution in [3.8, 4) is 0 Å². The van der Waals surface area contributed by atoms with Crippen molar-refractivity contribution in [1.29, 1.82) is 0 Å². The van der Waals surface area contributed by atoms with Gasteiger partial charge in [-0.1, -0.05) is 15.9 Å². The predicted molar refractivity (Wildman–Crippen MR) is 78.8 cm³/mol. The molecule has 90 valence electrons. The Labute approximate surface area is 122 Å². The van der Waals surface area contributed by atoms with Crippen LogP contribution in [0.4, 0.5) is 0 Å². The summed E-state index contributed by atoms with van der Waals surface area (Å²) < 4.78 is 3.82. The number of benzene rings is 1. The minimum Gasteiger partial charge on any atom is -0.382 e. The standard InChI is InChI=1S/C12H12BrIN2O/c1-2-16-11(5-6-15-16)12(17)9-7-8(13)3-4-10(9)14/h3-7,12,17H,2H2,1H3. The molecular formula is C12H12BrIN2O. The maximum Gasteiger partial charge on any atom is 0.122 e. The van der Waals surface area contributed by atoms with Gasteiger partial charge in [-0.3, -0.25) is 4.68 Å². The van der Waals surface area contributed by atoms with E-state index in [-0.39, 0.29) is 0 Å². The lowest BCUT2D eigenvalue weighted by molar-refractivity contribution is 0.207. The van der Waals surface area contributed by atoms with Crippen LogP contribution in [0.25, 0.3) is 0 Å².